The summed E-state index contributed by atoms with van der Waals surface area (Å²) < 4.78 is 5.51. The molecule has 1 aromatic heterocycles. The second-order valence-corrected chi connectivity index (χ2v) is 6.52. The van der Waals surface area contributed by atoms with Crippen LogP contribution in [0.1, 0.15) is 37.2 Å². The van der Waals surface area contributed by atoms with Gasteiger partial charge in [0, 0.05) is 38.5 Å². The van der Waals surface area contributed by atoms with Crippen molar-refractivity contribution in [2.24, 2.45) is 5.92 Å². The molecule has 2 aliphatic heterocycles. The number of carbonyl (C=O) groups excluding carboxylic acids is 1. The molecule has 0 bridgehead atoms. The van der Waals surface area contributed by atoms with Crippen molar-refractivity contribution in [3.8, 4) is 0 Å². The van der Waals surface area contributed by atoms with Gasteiger partial charge < -0.3 is 15.0 Å². The van der Waals surface area contributed by atoms with Gasteiger partial charge in [-0.3, -0.25) is 4.79 Å². The third-order valence-corrected chi connectivity index (χ3v) is 4.78. The van der Waals surface area contributed by atoms with Crippen LogP contribution in [-0.2, 0) is 16.0 Å². The number of nitrogens with one attached hydrogen (secondary N) is 1. The Kier molecular flexibility index (Phi) is 5.10. The standard InChI is InChI=1S/C17H26N4O2/c1-12-19-14(11-16(18-2)20-12)10-13-5-7-21(8-6-13)17(22)15-4-3-9-23-15/h11,13,15H,3-10H2,1-2H3,(H,18,19,20). The van der Waals surface area contributed by atoms with E-state index in [9.17, 15) is 4.79 Å². The quantitative estimate of drug-likeness (QED) is 0.917. The Morgan fingerprint density at radius 2 is 2.13 bits per heavy atom. The molecule has 3 heterocycles. The highest BCUT2D eigenvalue weighted by Crippen LogP contribution is 2.24. The average molecular weight is 318 g/mol. The number of nitrogens with zero attached hydrogens (tertiary/aromatic N) is 3. The molecular weight excluding hydrogens is 292 g/mol. The lowest BCUT2D eigenvalue weighted by atomic mass is 9.91. The first kappa shape index (κ1) is 16.2. The number of hydrogen-bond donors (Lipinski definition) is 1. The van der Waals surface area contributed by atoms with Crippen LogP contribution in [-0.4, -0.2) is 53.6 Å². The molecule has 23 heavy (non-hydrogen) atoms. The van der Waals surface area contributed by atoms with Crippen molar-refractivity contribution in [2.75, 3.05) is 32.1 Å². The smallest absolute Gasteiger partial charge is 0.251 e. The average Bonchev–Trinajstić information content (AvgIpc) is 3.09. The van der Waals surface area contributed by atoms with Crippen LogP contribution < -0.4 is 5.32 Å². The van der Waals surface area contributed by atoms with Crippen molar-refractivity contribution < 1.29 is 9.53 Å². The number of aryl methyl sites for hydroxylation is 1. The Hall–Kier alpha value is -1.69. The molecule has 6 heteroatoms. The van der Waals surface area contributed by atoms with Crippen LogP contribution in [0.5, 0.6) is 0 Å². The summed E-state index contributed by atoms with van der Waals surface area (Å²) in [6.45, 7) is 4.33. The molecule has 2 saturated heterocycles. The fourth-order valence-electron chi connectivity index (χ4n) is 3.49. The van der Waals surface area contributed by atoms with Crippen molar-refractivity contribution in [1.82, 2.24) is 14.9 Å². The van der Waals surface area contributed by atoms with Crippen molar-refractivity contribution in [1.29, 1.82) is 0 Å². The van der Waals surface area contributed by atoms with Crippen LogP contribution in [0.2, 0.25) is 0 Å². The van der Waals surface area contributed by atoms with E-state index in [1.807, 2.05) is 24.9 Å². The summed E-state index contributed by atoms with van der Waals surface area (Å²) in [6.07, 6.45) is 4.74. The SMILES string of the molecule is CNc1cc(CC2CCN(C(=O)C3CCCO3)CC2)nc(C)n1. The molecule has 1 N–H and O–H groups in total. The predicted octanol–water partition coefficient (Wildman–Crippen LogP) is 1.79. The zero-order valence-electron chi connectivity index (χ0n) is 14.0. The van der Waals surface area contributed by atoms with Gasteiger partial charge in [0.2, 0.25) is 0 Å². The summed E-state index contributed by atoms with van der Waals surface area (Å²) in [5, 5.41) is 3.08. The summed E-state index contributed by atoms with van der Waals surface area (Å²) in [5.41, 5.74) is 1.09. The minimum absolute atomic E-state index is 0.186. The maximum absolute atomic E-state index is 12.4. The molecule has 6 nitrogen and oxygen atoms in total. The molecule has 2 fully saturated rings. The second-order valence-electron chi connectivity index (χ2n) is 6.52. The highest BCUT2D eigenvalue weighted by atomic mass is 16.5. The summed E-state index contributed by atoms with van der Waals surface area (Å²) in [4.78, 5) is 23.2. The van der Waals surface area contributed by atoms with Gasteiger partial charge in [-0.1, -0.05) is 0 Å². The van der Waals surface area contributed by atoms with Crippen LogP contribution in [0.25, 0.3) is 0 Å². The lowest BCUT2D eigenvalue weighted by molar-refractivity contribution is -0.142. The largest absolute Gasteiger partial charge is 0.373 e. The topological polar surface area (TPSA) is 67.4 Å². The minimum atomic E-state index is -0.186. The third-order valence-electron chi connectivity index (χ3n) is 4.78. The normalized spacial score (nSPS) is 22.3. The van der Waals surface area contributed by atoms with Crippen LogP contribution in [0.15, 0.2) is 6.07 Å². The number of aromatic nitrogens is 2. The van der Waals surface area contributed by atoms with Gasteiger partial charge in [-0.05, 0) is 44.9 Å². The maximum Gasteiger partial charge on any atom is 0.251 e. The fraction of sp³-hybridized carbons (Fsp3) is 0.706. The Bertz CT molecular complexity index is 550. The Balaban J connectivity index is 1.53. The number of likely N-dealkylation sites (tertiary alicyclic amines) is 1. The van der Waals surface area contributed by atoms with E-state index >= 15 is 0 Å². The second kappa shape index (κ2) is 7.25. The Morgan fingerprint density at radius 3 is 2.78 bits per heavy atom. The first-order valence-electron chi connectivity index (χ1n) is 8.58. The Labute approximate surface area is 137 Å². The van der Waals surface area contributed by atoms with Gasteiger partial charge in [-0.2, -0.15) is 0 Å². The van der Waals surface area contributed by atoms with Crippen molar-refractivity contribution in [2.45, 2.75) is 45.1 Å². The molecule has 0 spiro atoms. The van der Waals surface area contributed by atoms with E-state index in [0.29, 0.717) is 5.92 Å². The summed E-state index contributed by atoms with van der Waals surface area (Å²) in [5.74, 6) is 2.45. The fourth-order valence-corrected chi connectivity index (χ4v) is 3.49. The van der Waals surface area contributed by atoms with Crippen LogP contribution in [0.3, 0.4) is 0 Å². The van der Waals surface area contributed by atoms with Gasteiger partial charge in [-0.15, -0.1) is 0 Å². The highest BCUT2D eigenvalue weighted by molar-refractivity contribution is 5.81. The van der Waals surface area contributed by atoms with E-state index in [4.69, 9.17) is 4.74 Å². The molecule has 1 unspecified atom stereocenters. The molecule has 0 radical (unpaired) electrons. The molecule has 0 aromatic carbocycles. The van der Waals surface area contributed by atoms with Gasteiger partial charge in [0.25, 0.3) is 5.91 Å². The third kappa shape index (κ3) is 3.99. The lowest BCUT2D eigenvalue weighted by Crippen LogP contribution is -2.44. The Morgan fingerprint density at radius 1 is 1.35 bits per heavy atom. The molecule has 1 amide bonds. The van der Waals surface area contributed by atoms with E-state index in [2.05, 4.69) is 15.3 Å². The van der Waals surface area contributed by atoms with Crippen molar-refractivity contribution in [3.63, 3.8) is 0 Å². The molecule has 0 aliphatic carbocycles. The number of carbonyl (C=O) groups is 1. The van der Waals surface area contributed by atoms with Crippen molar-refractivity contribution >= 4 is 11.7 Å². The summed E-state index contributed by atoms with van der Waals surface area (Å²) in [6, 6.07) is 2.02. The number of amides is 1. The monoisotopic (exact) mass is 318 g/mol. The van der Waals surface area contributed by atoms with E-state index < -0.39 is 0 Å². The minimum Gasteiger partial charge on any atom is -0.373 e. The van der Waals surface area contributed by atoms with Crippen molar-refractivity contribution in [3.05, 3.63) is 17.6 Å². The van der Waals surface area contributed by atoms with Gasteiger partial charge in [0.05, 0.1) is 0 Å². The number of anilines is 1. The van der Waals surface area contributed by atoms with Gasteiger partial charge >= 0.3 is 0 Å². The zero-order valence-corrected chi connectivity index (χ0v) is 14.0. The summed E-state index contributed by atoms with van der Waals surface area (Å²) in [7, 11) is 1.88. The molecule has 1 atom stereocenters. The number of ether oxygens (including phenoxy) is 1. The molecular formula is C17H26N4O2. The van der Waals surface area contributed by atoms with Crippen LogP contribution >= 0.6 is 0 Å². The van der Waals surface area contributed by atoms with Crippen LogP contribution in [0.4, 0.5) is 5.82 Å². The maximum atomic E-state index is 12.4. The number of hydrogen-bond acceptors (Lipinski definition) is 5. The number of piperidine rings is 1. The molecule has 2 aliphatic rings. The lowest BCUT2D eigenvalue weighted by Gasteiger charge is -2.33. The zero-order chi connectivity index (χ0) is 16.2. The number of rotatable bonds is 4. The molecule has 1 aromatic rings. The van der Waals surface area contributed by atoms with Gasteiger partial charge in [0.15, 0.2) is 0 Å². The van der Waals surface area contributed by atoms with E-state index in [1.54, 1.807) is 0 Å². The first-order chi connectivity index (χ1) is 11.2. The first-order valence-corrected chi connectivity index (χ1v) is 8.58. The molecule has 0 saturated carbocycles. The van der Waals surface area contributed by atoms with E-state index in [0.717, 1.165) is 69.1 Å². The predicted molar refractivity (Wildman–Crippen MR) is 88.3 cm³/mol. The summed E-state index contributed by atoms with van der Waals surface area (Å²) >= 11 is 0. The molecule has 3 rings (SSSR count). The van der Waals surface area contributed by atoms with Gasteiger partial charge in [-0.25, -0.2) is 9.97 Å². The molecule has 126 valence electrons. The van der Waals surface area contributed by atoms with Gasteiger partial charge in [0.1, 0.15) is 17.7 Å². The van der Waals surface area contributed by atoms with E-state index in [-0.39, 0.29) is 12.0 Å². The van der Waals surface area contributed by atoms with Crippen LogP contribution in [0, 0.1) is 12.8 Å². The van der Waals surface area contributed by atoms with E-state index in [1.165, 1.54) is 0 Å². The highest BCUT2D eigenvalue weighted by Gasteiger charge is 2.30.